The van der Waals surface area contributed by atoms with Gasteiger partial charge in [0.05, 0.1) is 13.2 Å². The first kappa shape index (κ1) is 15.8. The molecule has 1 aromatic carbocycles. The zero-order valence-electron chi connectivity index (χ0n) is 11.8. The van der Waals surface area contributed by atoms with Gasteiger partial charge in [0.25, 0.3) is 0 Å². The van der Waals surface area contributed by atoms with E-state index < -0.39 is 17.8 Å². The van der Waals surface area contributed by atoms with Crippen molar-refractivity contribution in [3.8, 4) is 11.5 Å². The van der Waals surface area contributed by atoms with Crippen molar-refractivity contribution < 1.29 is 24.2 Å². The van der Waals surface area contributed by atoms with Crippen molar-refractivity contribution in [3.05, 3.63) is 18.2 Å². The van der Waals surface area contributed by atoms with E-state index in [2.05, 4.69) is 5.32 Å². The fourth-order valence-corrected chi connectivity index (χ4v) is 1.49. The summed E-state index contributed by atoms with van der Waals surface area (Å²) in [5.41, 5.74) is 0.468. The smallest absolute Gasteiger partial charge is 0.315 e. The van der Waals surface area contributed by atoms with Crippen molar-refractivity contribution in [2.45, 2.75) is 20.8 Å². The number of aliphatic carboxylic acids is 1. The third kappa shape index (κ3) is 4.15. The minimum absolute atomic E-state index is 0.461. The molecule has 0 spiro atoms. The van der Waals surface area contributed by atoms with Crippen LogP contribution in [0.4, 0.5) is 5.69 Å². The van der Waals surface area contributed by atoms with Crippen molar-refractivity contribution in [1.82, 2.24) is 0 Å². The van der Waals surface area contributed by atoms with Gasteiger partial charge in [-0.25, -0.2) is 0 Å². The third-order valence-corrected chi connectivity index (χ3v) is 2.57. The number of hydrogen-bond acceptors (Lipinski definition) is 4. The Morgan fingerprint density at radius 3 is 2.35 bits per heavy atom. The highest BCUT2D eigenvalue weighted by Gasteiger charge is 2.20. The van der Waals surface area contributed by atoms with E-state index in [1.165, 1.54) is 6.92 Å². The highest BCUT2D eigenvalue weighted by Crippen LogP contribution is 2.30. The molecule has 20 heavy (non-hydrogen) atoms. The van der Waals surface area contributed by atoms with E-state index in [0.29, 0.717) is 30.4 Å². The summed E-state index contributed by atoms with van der Waals surface area (Å²) in [5.74, 6) is -1.77. The van der Waals surface area contributed by atoms with E-state index in [9.17, 15) is 9.59 Å². The van der Waals surface area contributed by atoms with Crippen molar-refractivity contribution in [1.29, 1.82) is 0 Å². The lowest BCUT2D eigenvalue weighted by atomic mass is 10.1. The van der Waals surface area contributed by atoms with E-state index in [0.717, 1.165) is 0 Å². The minimum atomic E-state index is -1.17. The van der Waals surface area contributed by atoms with Crippen LogP contribution < -0.4 is 14.8 Å². The molecular formula is C14H19NO5. The second-order valence-corrected chi connectivity index (χ2v) is 4.08. The first-order chi connectivity index (χ1) is 9.49. The zero-order chi connectivity index (χ0) is 15.1. The number of nitrogens with one attached hydrogen (secondary N) is 1. The number of rotatable bonds is 7. The largest absolute Gasteiger partial charge is 0.490 e. The Labute approximate surface area is 117 Å². The maximum absolute atomic E-state index is 11.7. The summed E-state index contributed by atoms with van der Waals surface area (Å²) >= 11 is 0. The predicted octanol–water partition coefficient (Wildman–Crippen LogP) is 2.14. The molecule has 0 aliphatic rings. The van der Waals surface area contributed by atoms with Crippen LogP contribution in [0.1, 0.15) is 20.8 Å². The number of anilines is 1. The molecule has 0 aromatic heterocycles. The quantitative estimate of drug-likeness (QED) is 0.748. The number of amides is 1. The summed E-state index contributed by atoms with van der Waals surface area (Å²) in [6.07, 6.45) is 0. The molecule has 6 heteroatoms. The molecular weight excluding hydrogens is 262 g/mol. The van der Waals surface area contributed by atoms with Gasteiger partial charge in [-0.15, -0.1) is 0 Å². The molecule has 1 amide bonds. The van der Waals surface area contributed by atoms with Gasteiger partial charge >= 0.3 is 5.97 Å². The van der Waals surface area contributed by atoms with E-state index in [1.807, 2.05) is 13.8 Å². The Bertz CT molecular complexity index is 486. The Morgan fingerprint density at radius 1 is 1.20 bits per heavy atom. The molecule has 1 aromatic rings. The predicted molar refractivity (Wildman–Crippen MR) is 74.2 cm³/mol. The monoisotopic (exact) mass is 281 g/mol. The molecule has 0 fully saturated rings. The van der Waals surface area contributed by atoms with E-state index in [4.69, 9.17) is 14.6 Å². The second kappa shape index (κ2) is 7.37. The standard InChI is InChI=1S/C14H19NO5/c1-4-19-11-7-6-10(8-12(11)20-5-2)15-13(16)9(3)14(17)18/h6-9H,4-5H2,1-3H3,(H,15,16)(H,17,18). The Kier molecular flexibility index (Phi) is 5.83. The average Bonchev–Trinajstić information content (AvgIpc) is 2.41. The molecule has 110 valence electrons. The van der Waals surface area contributed by atoms with Crippen molar-refractivity contribution >= 4 is 17.6 Å². The first-order valence-electron chi connectivity index (χ1n) is 6.42. The van der Waals surface area contributed by atoms with Gasteiger partial charge in [0.1, 0.15) is 5.92 Å². The summed E-state index contributed by atoms with van der Waals surface area (Å²) in [6, 6.07) is 4.93. The topological polar surface area (TPSA) is 84.9 Å². The van der Waals surface area contributed by atoms with Gasteiger partial charge in [-0.05, 0) is 32.9 Å². The number of carbonyl (C=O) groups excluding carboxylic acids is 1. The van der Waals surface area contributed by atoms with E-state index >= 15 is 0 Å². The summed E-state index contributed by atoms with van der Waals surface area (Å²) in [5, 5.41) is 11.3. The van der Waals surface area contributed by atoms with Crippen LogP contribution in [0.5, 0.6) is 11.5 Å². The van der Waals surface area contributed by atoms with Gasteiger partial charge in [0, 0.05) is 11.8 Å². The van der Waals surface area contributed by atoms with Crippen LogP contribution >= 0.6 is 0 Å². The van der Waals surface area contributed by atoms with E-state index in [1.54, 1.807) is 18.2 Å². The number of hydrogen-bond donors (Lipinski definition) is 2. The van der Waals surface area contributed by atoms with Crippen LogP contribution in [0.2, 0.25) is 0 Å². The number of carboxylic acids is 1. The van der Waals surface area contributed by atoms with Gasteiger partial charge in [0.2, 0.25) is 5.91 Å². The zero-order valence-corrected chi connectivity index (χ0v) is 11.8. The van der Waals surface area contributed by atoms with Gasteiger partial charge < -0.3 is 19.9 Å². The van der Waals surface area contributed by atoms with Gasteiger partial charge in [0.15, 0.2) is 11.5 Å². The highest BCUT2D eigenvalue weighted by atomic mass is 16.5. The molecule has 0 saturated carbocycles. The molecule has 0 heterocycles. The second-order valence-electron chi connectivity index (χ2n) is 4.08. The lowest BCUT2D eigenvalue weighted by Gasteiger charge is -2.13. The van der Waals surface area contributed by atoms with Crippen molar-refractivity contribution in [2.75, 3.05) is 18.5 Å². The van der Waals surface area contributed by atoms with Crippen LogP contribution in [0.3, 0.4) is 0 Å². The Hall–Kier alpha value is -2.24. The summed E-state index contributed by atoms with van der Waals surface area (Å²) in [4.78, 5) is 22.4. The number of benzene rings is 1. The van der Waals surface area contributed by atoms with Crippen LogP contribution in [0, 0.1) is 5.92 Å². The molecule has 0 aliphatic heterocycles. The fraction of sp³-hybridized carbons (Fsp3) is 0.429. The number of carbonyl (C=O) groups is 2. The van der Waals surface area contributed by atoms with Gasteiger partial charge in [-0.1, -0.05) is 0 Å². The molecule has 0 bridgehead atoms. The maximum Gasteiger partial charge on any atom is 0.315 e. The average molecular weight is 281 g/mol. The van der Waals surface area contributed by atoms with Crippen LogP contribution in [0.15, 0.2) is 18.2 Å². The molecule has 0 radical (unpaired) electrons. The minimum Gasteiger partial charge on any atom is -0.490 e. The molecule has 0 saturated heterocycles. The van der Waals surface area contributed by atoms with Crippen LogP contribution in [-0.4, -0.2) is 30.2 Å². The SMILES string of the molecule is CCOc1ccc(NC(=O)C(C)C(=O)O)cc1OCC. The normalized spacial score (nSPS) is 11.6. The lowest BCUT2D eigenvalue weighted by molar-refractivity contribution is -0.144. The third-order valence-electron chi connectivity index (χ3n) is 2.57. The number of carboxylic acid groups (broad SMARTS) is 1. The Morgan fingerprint density at radius 2 is 1.80 bits per heavy atom. The summed E-state index contributed by atoms with van der Waals surface area (Å²) in [6.45, 7) is 5.99. The number of ether oxygens (including phenoxy) is 2. The molecule has 1 unspecified atom stereocenters. The molecule has 0 aliphatic carbocycles. The van der Waals surface area contributed by atoms with Crippen molar-refractivity contribution in [2.24, 2.45) is 5.92 Å². The summed E-state index contributed by atoms with van der Waals surface area (Å²) < 4.78 is 10.8. The molecule has 2 N–H and O–H groups in total. The molecule has 1 rings (SSSR count). The van der Waals surface area contributed by atoms with Crippen LogP contribution in [-0.2, 0) is 9.59 Å². The van der Waals surface area contributed by atoms with Gasteiger partial charge in [-0.3, -0.25) is 9.59 Å². The van der Waals surface area contributed by atoms with Crippen molar-refractivity contribution in [3.63, 3.8) is 0 Å². The Balaban J connectivity index is 2.88. The fourth-order valence-electron chi connectivity index (χ4n) is 1.49. The van der Waals surface area contributed by atoms with Crippen LogP contribution in [0.25, 0.3) is 0 Å². The van der Waals surface area contributed by atoms with Gasteiger partial charge in [-0.2, -0.15) is 0 Å². The lowest BCUT2D eigenvalue weighted by Crippen LogP contribution is -2.26. The first-order valence-corrected chi connectivity index (χ1v) is 6.42. The highest BCUT2D eigenvalue weighted by molar-refractivity contribution is 6.03. The molecule has 1 atom stereocenters. The van der Waals surface area contributed by atoms with E-state index in [-0.39, 0.29) is 0 Å². The maximum atomic E-state index is 11.7. The molecule has 6 nitrogen and oxygen atoms in total. The summed E-state index contributed by atoms with van der Waals surface area (Å²) in [7, 11) is 0.